The summed E-state index contributed by atoms with van der Waals surface area (Å²) in [6, 6.07) is 8.76. The highest BCUT2D eigenvalue weighted by Crippen LogP contribution is 2.15. The minimum atomic E-state index is -0.528. The Hall–Kier alpha value is -2.76. The van der Waals surface area contributed by atoms with Gasteiger partial charge < -0.3 is 9.15 Å². The van der Waals surface area contributed by atoms with Crippen LogP contribution in [0.5, 0.6) is 5.75 Å². The molecule has 0 aliphatic rings. The molecule has 6 nitrogen and oxygen atoms in total. The molecule has 0 saturated heterocycles. The first-order valence-electron chi connectivity index (χ1n) is 6.38. The number of hydrogen-bond donors (Lipinski definition) is 2. The molecule has 110 valence electrons. The van der Waals surface area contributed by atoms with Crippen LogP contribution in [0.2, 0.25) is 0 Å². The quantitative estimate of drug-likeness (QED) is 0.840. The standard InChI is InChI=1S/C15H16N2O4/c1-10-6-11(2)8-12(7-10)21-9-14(18)16-17-15(19)13-4-3-5-20-13/h3-8H,9H2,1-2H3,(H,16,18)(H,17,19). The van der Waals surface area contributed by atoms with Crippen LogP contribution >= 0.6 is 0 Å². The van der Waals surface area contributed by atoms with E-state index in [9.17, 15) is 9.59 Å². The largest absolute Gasteiger partial charge is 0.484 e. The van der Waals surface area contributed by atoms with Gasteiger partial charge in [-0.05, 0) is 49.2 Å². The summed E-state index contributed by atoms with van der Waals surface area (Å²) in [5.41, 5.74) is 6.58. The summed E-state index contributed by atoms with van der Waals surface area (Å²) < 4.78 is 10.3. The molecule has 2 N–H and O–H groups in total. The van der Waals surface area contributed by atoms with Crippen molar-refractivity contribution in [3.8, 4) is 5.75 Å². The van der Waals surface area contributed by atoms with Crippen LogP contribution < -0.4 is 15.6 Å². The number of benzene rings is 1. The lowest BCUT2D eigenvalue weighted by Crippen LogP contribution is -2.43. The summed E-state index contributed by atoms with van der Waals surface area (Å²) in [5, 5.41) is 0. The van der Waals surface area contributed by atoms with E-state index < -0.39 is 11.8 Å². The van der Waals surface area contributed by atoms with Crippen molar-refractivity contribution in [3.63, 3.8) is 0 Å². The van der Waals surface area contributed by atoms with E-state index in [-0.39, 0.29) is 12.4 Å². The van der Waals surface area contributed by atoms with Crippen LogP contribution in [0, 0.1) is 13.8 Å². The topological polar surface area (TPSA) is 80.6 Å². The second-order valence-corrected chi connectivity index (χ2v) is 4.59. The van der Waals surface area contributed by atoms with Crippen molar-refractivity contribution in [2.45, 2.75) is 13.8 Å². The lowest BCUT2D eigenvalue weighted by Gasteiger charge is -2.09. The third kappa shape index (κ3) is 4.38. The predicted octanol–water partition coefficient (Wildman–Crippen LogP) is 1.74. The second-order valence-electron chi connectivity index (χ2n) is 4.59. The minimum absolute atomic E-state index is 0.116. The van der Waals surface area contributed by atoms with Crippen LogP contribution in [-0.4, -0.2) is 18.4 Å². The molecule has 1 heterocycles. The van der Waals surface area contributed by atoms with Crippen LogP contribution in [-0.2, 0) is 4.79 Å². The van der Waals surface area contributed by atoms with Crippen molar-refractivity contribution in [2.75, 3.05) is 6.61 Å². The molecule has 1 aromatic carbocycles. The lowest BCUT2D eigenvalue weighted by molar-refractivity contribution is -0.123. The van der Waals surface area contributed by atoms with E-state index in [0.717, 1.165) is 11.1 Å². The second kappa shape index (κ2) is 6.60. The Bertz CT molecular complexity index is 615. The fourth-order valence-electron chi connectivity index (χ4n) is 1.80. The number of hydrogen-bond acceptors (Lipinski definition) is 4. The van der Waals surface area contributed by atoms with Gasteiger partial charge in [-0.2, -0.15) is 0 Å². The first-order chi connectivity index (χ1) is 10.0. The zero-order valence-electron chi connectivity index (χ0n) is 11.8. The molecule has 0 fully saturated rings. The molecule has 0 atom stereocenters. The van der Waals surface area contributed by atoms with Crippen LogP contribution in [0.1, 0.15) is 21.7 Å². The van der Waals surface area contributed by atoms with Crippen molar-refractivity contribution in [3.05, 3.63) is 53.5 Å². The van der Waals surface area contributed by atoms with Crippen LogP contribution in [0.15, 0.2) is 41.0 Å². The normalized spacial score (nSPS) is 10.0. The summed E-state index contributed by atoms with van der Waals surface area (Å²) in [6.45, 7) is 3.70. The zero-order chi connectivity index (χ0) is 15.2. The highest BCUT2D eigenvalue weighted by atomic mass is 16.5. The van der Waals surface area contributed by atoms with E-state index >= 15 is 0 Å². The summed E-state index contributed by atoms with van der Waals surface area (Å²) in [5.74, 6) is -0.264. The Labute approximate surface area is 122 Å². The van der Waals surface area contributed by atoms with Crippen molar-refractivity contribution in [2.24, 2.45) is 0 Å². The van der Waals surface area contributed by atoms with Crippen LogP contribution in [0.4, 0.5) is 0 Å². The zero-order valence-corrected chi connectivity index (χ0v) is 11.8. The molecule has 0 aliphatic carbocycles. The molecule has 0 saturated carbocycles. The molecule has 1 aromatic heterocycles. The Morgan fingerprint density at radius 1 is 1.14 bits per heavy atom. The number of nitrogens with one attached hydrogen (secondary N) is 2. The monoisotopic (exact) mass is 288 g/mol. The molecule has 6 heteroatoms. The first-order valence-corrected chi connectivity index (χ1v) is 6.38. The average Bonchev–Trinajstić information content (AvgIpc) is 2.95. The summed E-state index contributed by atoms with van der Waals surface area (Å²) in [4.78, 5) is 23.1. The predicted molar refractivity (Wildman–Crippen MR) is 75.7 cm³/mol. The van der Waals surface area contributed by atoms with Crippen molar-refractivity contribution < 1.29 is 18.7 Å². The Balaban J connectivity index is 1.78. The van der Waals surface area contributed by atoms with Gasteiger partial charge in [0, 0.05) is 0 Å². The molecule has 0 radical (unpaired) electrons. The molecule has 0 aliphatic heterocycles. The molecular formula is C15H16N2O4. The SMILES string of the molecule is Cc1cc(C)cc(OCC(=O)NNC(=O)c2ccco2)c1. The van der Waals surface area contributed by atoms with Gasteiger partial charge in [0.05, 0.1) is 6.26 Å². The smallest absolute Gasteiger partial charge is 0.305 e. The number of aryl methyl sites for hydroxylation is 2. The maximum Gasteiger partial charge on any atom is 0.305 e. The van der Waals surface area contributed by atoms with E-state index in [0.29, 0.717) is 5.75 Å². The Morgan fingerprint density at radius 3 is 2.48 bits per heavy atom. The van der Waals surface area contributed by atoms with Crippen molar-refractivity contribution in [1.82, 2.24) is 10.9 Å². The molecule has 0 spiro atoms. The maximum atomic E-state index is 11.6. The highest BCUT2D eigenvalue weighted by molar-refractivity contribution is 5.92. The van der Waals surface area contributed by atoms with Gasteiger partial charge in [-0.15, -0.1) is 0 Å². The van der Waals surface area contributed by atoms with Crippen molar-refractivity contribution >= 4 is 11.8 Å². The van der Waals surface area contributed by atoms with Crippen LogP contribution in [0.3, 0.4) is 0 Å². The van der Waals surface area contributed by atoms with E-state index in [1.807, 2.05) is 32.0 Å². The summed E-state index contributed by atoms with van der Waals surface area (Å²) >= 11 is 0. The lowest BCUT2D eigenvalue weighted by atomic mass is 10.1. The van der Waals surface area contributed by atoms with Crippen molar-refractivity contribution in [1.29, 1.82) is 0 Å². The minimum Gasteiger partial charge on any atom is -0.484 e. The molecule has 0 unspecified atom stereocenters. The molecule has 2 amide bonds. The van der Waals surface area contributed by atoms with E-state index in [4.69, 9.17) is 9.15 Å². The average molecular weight is 288 g/mol. The summed E-state index contributed by atoms with van der Waals surface area (Å²) in [7, 11) is 0. The fourth-order valence-corrected chi connectivity index (χ4v) is 1.80. The number of ether oxygens (including phenoxy) is 1. The number of carbonyl (C=O) groups excluding carboxylic acids is 2. The van der Waals surface area contributed by atoms with E-state index in [1.165, 1.54) is 12.3 Å². The van der Waals surface area contributed by atoms with E-state index in [2.05, 4.69) is 10.9 Å². The first kappa shape index (κ1) is 14.6. The number of hydrazine groups is 1. The fraction of sp³-hybridized carbons (Fsp3) is 0.200. The molecule has 0 bridgehead atoms. The molecule has 2 rings (SSSR count). The number of furan rings is 1. The maximum absolute atomic E-state index is 11.6. The summed E-state index contributed by atoms with van der Waals surface area (Å²) in [6.07, 6.45) is 1.37. The van der Waals surface area contributed by atoms with Gasteiger partial charge >= 0.3 is 5.91 Å². The molecule has 21 heavy (non-hydrogen) atoms. The van der Waals surface area contributed by atoms with Gasteiger partial charge in [0.15, 0.2) is 12.4 Å². The van der Waals surface area contributed by atoms with E-state index in [1.54, 1.807) is 6.07 Å². The number of rotatable bonds is 4. The van der Waals surface area contributed by atoms with Gasteiger partial charge in [0.2, 0.25) is 0 Å². The number of amides is 2. The Kier molecular flexibility index (Phi) is 4.61. The van der Waals surface area contributed by atoms with Gasteiger partial charge in [0.1, 0.15) is 5.75 Å². The van der Waals surface area contributed by atoms with Gasteiger partial charge in [-0.1, -0.05) is 6.07 Å². The van der Waals surface area contributed by atoms with Gasteiger partial charge in [0.25, 0.3) is 5.91 Å². The molecular weight excluding hydrogens is 272 g/mol. The third-order valence-corrected chi connectivity index (χ3v) is 2.63. The Morgan fingerprint density at radius 2 is 1.86 bits per heavy atom. The van der Waals surface area contributed by atoms with Gasteiger partial charge in [-0.3, -0.25) is 20.4 Å². The van der Waals surface area contributed by atoms with Crippen LogP contribution in [0.25, 0.3) is 0 Å². The molecule has 2 aromatic rings. The number of carbonyl (C=O) groups is 2. The van der Waals surface area contributed by atoms with Gasteiger partial charge in [-0.25, -0.2) is 0 Å². The third-order valence-electron chi connectivity index (χ3n) is 2.63. The highest BCUT2D eigenvalue weighted by Gasteiger charge is 2.10.